The first-order chi connectivity index (χ1) is 7.69. The molecule has 3 heteroatoms. The fourth-order valence-corrected chi connectivity index (χ4v) is 1.87. The lowest BCUT2D eigenvalue weighted by Crippen LogP contribution is -2.24. The molecule has 86 valence electrons. The summed E-state index contributed by atoms with van der Waals surface area (Å²) in [7, 11) is 2.01. The summed E-state index contributed by atoms with van der Waals surface area (Å²) >= 11 is 3.40. The Labute approximate surface area is 106 Å². The molecule has 0 aliphatic heterocycles. The van der Waals surface area contributed by atoms with Gasteiger partial charge in [-0.3, -0.25) is 4.90 Å². The maximum atomic E-state index is 9.22. The molecule has 2 nitrogen and oxygen atoms in total. The first-order valence-corrected chi connectivity index (χ1v) is 6.33. The Morgan fingerprint density at radius 3 is 2.50 bits per heavy atom. The smallest absolute Gasteiger partial charge is 0.123 e. The molecule has 0 amide bonds. The fraction of sp³-hybridized carbons (Fsp3) is 0.462. The molecule has 0 spiro atoms. The van der Waals surface area contributed by atoms with Gasteiger partial charge in [-0.25, -0.2) is 0 Å². The maximum absolute atomic E-state index is 9.22. The lowest BCUT2D eigenvalue weighted by Gasteiger charge is -2.22. The fourth-order valence-electron chi connectivity index (χ4n) is 1.61. The summed E-state index contributed by atoms with van der Waals surface area (Å²) < 4.78 is 1.05. The summed E-state index contributed by atoms with van der Waals surface area (Å²) in [6.07, 6.45) is 2.29. The van der Waals surface area contributed by atoms with Crippen LogP contribution in [0.5, 0.6) is 0 Å². The van der Waals surface area contributed by atoms with Crippen molar-refractivity contribution in [1.29, 1.82) is 5.26 Å². The van der Waals surface area contributed by atoms with Gasteiger partial charge in [-0.2, -0.15) is 5.26 Å². The van der Waals surface area contributed by atoms with E-state index in [1.54, 1.807) is 0 Å². The molecule has 0 aliphatic rings. The number of rotatable bonds is 5. The second kappa shape index (κ2) is 6.67. The molecule has 1 aromatic carbocycles. The van der Waals surface area contributed by atoms with E-state index < -0.39 is 0 Å². The molecule has 0 radical (unpaired) electrons. The van der Waals surface area contributed by atoms with Gasteiger partial charge in [-0.15, -0.1) is 0 Å². The maximum Gasteiger partial charge on any atom is 0.123 e. The van der Waals surface area contributed by atoms with Crippen molar-refractivity contribution in [2.24, 2.45) is 0 Å². The largest absolute Gasteiger partial charge is 0.287 e. The van der Waals surface area contributed by atoms with Crippen molar-refractivity contribution < 1.29 is 0 Å². The first-order valence-electron chi connectivity index (χ1n) is 5.54. The van der Waals surface area contributed by atoms with Gasteiger partial charge in [0.25, 0.3) is 0 Å². The first kappa shape index (κ1) is 13.2. The Hall–Kier alpha value is -0.850. The molecule has 16 heavy (non-hydrogen) atoms. The minimum absolute atomic E-state index is 0.139. The van der Waals surface area contributed by atoms with Crippen LogP contribution in [0.25, 0.3) is 0 Å². The molecule has 1 rings (SSSR count). The number of hydrogen-bond acceptors (Lipinski definition) is 2. The molecule has 1 aromatic rings. The highest BCUT2D eigenvalue weighted by molar-refractivity contribution is 9.10. The molecule has 0 bridgehead atoms. The van der Waals surface area contributed by atoms with Crippen molar-refractivity contribution in [3.05, 3.63) is 34.3 Å². The molecule has 0 saturated heterocycles. The second-order valence-electron chi connectivity index (χ2n) is 3.92. The third-order valence-corrected chi connectivity index (χ3v) is 3.14. The summed E-state index contributed by atoms with van der Waals surface area (Å²) in [5, 5.41) is 9.22. The number of unbranched alkanes of at least 4 members (excludes halogenated alkanes) is 1. The second-order valence-corrected chi connectivity index (χ2v) is 4.83. The Bertz CT molecular complexity index is 353. The van der Waals surface area contributed by atoms with Crippen molar-refractivity contribution in [2.75, 3.05) is 13.6 Å². The van der Waals surface area contributed by atoms with Crippen LogP contribution in [0.1, 0.15) is 31.4 Å². The Kier molecular flexibility index (Phi) is 5.51. The van der Waals surface area contributed by atoms with Crippen molar-refractivity contribution >= 4 is 15.9 Å². The molecule has 0 N–H and O–H groups in total. The van der Waals surface area contributed by atoms with Crippen molar-refractivity contribution in [3.8, 4) is 6.07 Å². The zero-order chi connectivity index (χ0) is 12.0. The molecule has 0 aliphatic carbocycles. The van der Waals surface area contributed by atoms with Gasteiger partial charge in [0.05, 0.1) is 6.07 Å². The molecular formula is C13H17BrN2. The number of nitriles is 1. The van der Waals surface area contributed by atoms with Crippen LogP contribution in [0, 0.1) is 11.3 Å². The topological polar surface area (TPSA) is 27.0 Å². The SMILES string of the molecule is CCCCN(C)C(C#N)c1ccc(Br)cc1. The number of halogens is 1. The van der Waals surface area contributed by atoms with E-state index in [0.29, 0.717) is 0 Å². The lowest BCUT2D eigenvalue weighted by atomic mass is 10.1. The van der Waals surface area contributed by atoms with Crippen LogP contribution >= 0.6 is 15.9 Å². The summed E-state index contributed by atoms with van der Waals surface area (Å²) in [5.74, 6) is 0. The van der Waals surface area contributed by atoms with E-state index in [1.807, 2.05) is 31.3 Å². The van der Waals surface area contributed by atoms with Crippen LogP contribution in [0.4, 0.5) is 0 Å². The van der Waals surface area contributed by atoms with E-state index in [-0.39, 0.29) is 6.04 Å². The quantitative estimate of drug-likeness (QED) is 0.822. The van der Waals surface area contributed by atoms with Crippen LogP contribution < -0.4 is 0 Å². The summed E-state index contributed by atoms with van der Waals surface area (Å²) in [6.45, 7) is 3.12. The van der Waals surface area contributed by atoms with E-state index >= 15 is 0 Å². The highest BCUT2D eigenvalue weighted by Crippen LogP contribution is 2.21. The normalized spacial score (nSPS) is 12.4. The lowest BCUT2D eigenvalue weighted by molar-refractivity contribution is 0.286. The van der Waals surface area contributed by atoms with Crippen LogP contribution in [-0.4, -0.2) is 18.5 Å². The van der Waals surface area contributed by atoms with Gasteiger partial charge in [0.15, 0.2) is 0 Å². The zero-order valence-electron chi connectivity index (χ0n) is 9.78. The highest BCUT2D eigenvalue weighted by atomic mass is 79.9. The van der Waals surface area contributed by atoms with Gasteiger partial charge >= 0.3 is 0 Å². The average Bonchev–Trinajstić information content (AvgIpc) is 2.30. The molecule has 1 atom stereocenters. The molecule has 0 saturated carbocycles. The van der Waals surface area contributed by atoms with Gasteiger partial charge in [-0.1, -0.05) is 41.4 Å². The van der Waals surface area contributed by atoms with Gasteiger partial charge in [0.1, 0.15) is 6.04 Å². The van der Waals surface area contributed by atoms with Gasteiger partial charge in [0, 0.05) is 4.47 Å². The minimum atomic E-state index is -0.139. The number of nitrogens with zero attached hydrogens (tertiary/aromatic N) is 2. The Morgan fingerprint density at radius 2 is 2.00 bits per heavy atom. The van der Waals surface area contributed by atoms with Crippen molar-refractivity contribution in [1.82, 2.24) is 4.90 Å². The standard InChI is InChI=1S/C13H17BrN2/c1-3-4-9-16(2)13(10-15)11-5-7-12(14)8-6-11/h5-8,13H,3-4,9H2,1-2H3. The Balaban J connectivity index is 2.74. The zero-order valence-corrected chi connectivity index (χ0v) is 11.4. The summed E-state index contributed by atoms with van der Waals surface area (Å²) in [6, 6.07) is 10.2. The summed E-state index contributed by atoms with van der Waals surface area (Å²) in [5.41, 5.74) is 1.06. The van der Waals surface area contributed by atoms with E-state index in [2.05, 4.69) is 33.8 Å². The monoisotopic (exact) mass is 280 g/mol. The minimum Gasteiger partial charge on any atom is -0.287 e. The van der Waals surface area contributed by atoms with Crippen LogP contribution in [-0.2, 0) is 0 Å². The van der Waals surface area contributed by atoms with Gasteiger partial charge in [0.2, 0.25) is 0 Å². The number of benzene rings is 1. The van der Waals surface area contributed by atoms with Crippen LogP contribution in [0.2, 0.25) is 0 Å². The third kappa shape index (κ3) is 3.62. The predicted molar refractivity (Wildman–Crippen MR) is 70.0 cm³/mol. The molecule has 1 unspecified atom stereocenters. The molecular weight excluding hydrogens is 264 g/mol. The third-order valence-electron chi connectivity index (χ3n) is 2.61. The number of hydrogen-bond donors (Lipinski definition) is 0. The van der Waals surface area contributed by atoms with E-state index in [9.17, 15) is 5.26 Å². The average molecular weight is 281 g/mol. The van der Waals surface area contributed by atoms with Crippen molar-refractivity contribution in [3.63, 3.8) is 0 Å². The predicted octanol–water partition coefficient (Wildman–Crippen LogP) is 3.75. The van der Waals surface area contributed by atoms with Gasteiger partial charge < -0.3 is 0 Å². The van der Waals surface area contributed by atoms with E-state index in [0.717, 1.165) is 29.4 Å². The molecule has 0 aromatic heterocycles. The molecule has 0 fully saturated rings. The Morgan fingerprint density at radius 1 is 1.38 bits per heavy atom. The van der Waals surface area contributed by atoms with E-state index in [4.69, 9.17) is 0 Å². The van der Waals surface area contributed by atoms with Crippen LogP contribution in [0.3, 0.4) is 0 Å². The molecule has 0 heterocycles. The highest BCUT2D eigenvalue weighted by Gasteiger charge is 2.15. The van der Waals surface area contributed by atoms with Gasteiger partial charge in [-0.05, 0) is 37.7 Å². The van der Waals surface area contributed by atoms with Crippen LogP contribution in [0.15, 0.2) is 28.7 Å². The van der Waals surface area contributed by atoms with E-state index in [1.165, 1.54) is 0 Å². The van der Waals surface area contributed by atoms with Crippen molar-refractivity contribution in [2.45, 2.75) is 25.8 Å². The summed E-state index contributed by atoms with van der Waals surface area (Å²) in [4.78, 5) is 2.10.